The summed E-state index contributed by atoms with van der Waals surface area (Å²) in [6.07, 6.45) is 7.30. The molecule has 1 aliphatic rings. The molecule has 7 nitrogen and oxygen atoms in total. The number of hydrogen-bond acceptors (Lipinski definition) is 4. The van der Waals surface area contributed by atoms with Crippen LogP contribution in [0.2, 0.25) is 0 Å². The molecule has 1 saturated heterocycles. The number of aromatic amines is 1. The van der Waals surface area contributed by atoms with Gasteiger partial charge in [0.15, 0.2) is 5.65 Å². The lowest BCUT2D eigenvalue weighted by atomic mass is 9.87. The Labute approximate surface area is 225 Å². The summed E-state index contributed by atoms with van der Waals surface area (Å²) in [6, 6.07) is 6.86. The number of rotatable bonds is 6. The number of piperidine rings is 1. The molecule has 38 heavy (non-hydrogen) atoms. The molecule has 0 spiro atoms. The molecule has 1 amide bonds. The highest BCUT2D eigenvalue weighted by atomic mass is 16.6. The molecule has 0 bridgehead atoms. The van der Waals surface area contributed by atoms with Gasteiger partial charge in [-0.15, -0.1) is 0 Å². The number of pyridine rings is 1. The van der Waals surface area contributed by atoms with E-state index in [0.29, 0.717) is 11.8 Å². The molecule has 3 aromatic heterocycles. The van der Waals surface area contributed by atoms with Crippen LogP contribution in [-0.4, -0.2) is 49.3 Å². The summed E-state index contributed by atoms with van der Waals surface area (Å²) in [7, 11) is 0. The Balaban J connectivity index is 1.42. The number of benzene rings is 1. The van der Waals surface area contributed by atoms with Gasteiger partial charge in [-0.3, -0.25) is 0 Å². The Bertz CT molecular complexity index is 1470. The number of likely N-dealkylation sites (tertiary alicyclic amines) is 1. The predicted octanol–water partition coefficient (Wildman–Crippen LogP) is 7.51. The van der Waals surface area contributed by atoms with Crippen LogP contribution < -0.4 is 0 Å². The first kappa shape index (κ1) is 26.3. The van der Waals surface area contributed by atoms with Gasteiger partial charge in [-0.05, 0) is 93.2 Å². The number of hydrogen-bond donors (Lipinski definition) is 1. The third kappa shape index (κ3) is 4.79. The van der Waals surface area contributed by atoms with Gasteiger partial charge in [0.2, 0.25) is 0 Å². The molecule has 0 radical (unpaired) electrons. The molecule has 7 heteroatoms. The van der Waals surface area contributed by atoms with E-state index in [0.717, 1.165) is 61.2 Å². The van der Waals surface area contributed by atoms with Gasteiger partial charge in [0.05, 0.1) is 5.69 Å². The largest absolute Gasteiger partial charge is 0.443 e. The lowest BCUT2D eigenvalue weighted by molar-refractivity contribution is 0.00440. The van der Waals surface area contributed by atoms with Crippen LogP contribution in [0, 0.1) is 13.8 Å². The smallest absolute Gasteiger partial charge is 0.410 e. The second-order valence-corrected chi connectivity index (χ2v) is 11.8. The summed E-state index contributed by atoms with van der Waals surface area (Å²) in [5.74, 6) is 0.782. The van der Waals surface area contributed by atoms with E-state index in [-0.39, 0.29) is 6.09 Å². The number of H-pyrrole nitrogens is 1. The molecule has 202 valence electrons. The lowest BCUT2D eigenvalue weighted by Crippen LogP contribution is -2.42. The maximum Gasteiger partial charge on any atom is 0.410 e. The molecule has 0 saturated carbocycles. The Kier molecular flexibility index (Phi) is 6.97. The normalized spacial score (nSPS) is 15.2. The molecular weight excluding hydrogens is 474 g/mol. The highest BCUT2D eigenvalue weighted by molar-refractivity contribution is 5.92. The summed E-state index contributed by atoms with van der Waals surface area (Å²) in [4.78, 5) is 22.8. The molecule has 1 aliphatic heterocycles. The molecule has 5 rings (SSSR count). The van der Waals surface area contributed by atoms with Gasteiger partial charge in [-0.2, -0.15) is 5.10 Å². The van der Waals surface area contributed by atoms with Crippen LogP contribution in [0.25, 0.3) is 27.8 Å². The van der Waals surface area contributed by atoms with Gasteiger partial charge in [-0.1, -0.05) is 33.3 Å². The Morgan fingerprint density at radius 1 is 1.18 bits per heavy atom. The fourth-order valence-electron chi connectivity index (χ4n) is 6.10. The van der Waals surface area contributed by atoms with Crippen molar-refractivity contribution in [2.45, 2.75) is 91.6 Å². The first-order valence-corrected chi connectivity index (χ1v) is 14.0. The van der Waals surface area contributed by atoms with E-state index >= 15 is 0 Å². The third-order valence-electron chi connectivity index (χ3n) is 8.28. The van der Waals surface area contributed by atoms with Crippen molar-refractivity contribution in [3.05, 3.63) is 53.0 Å². The Hall–Kier alpha value is -3.35. The van der Waals surface area contributed by atoms with Crippen molar-refractivity contribution in [3.63, 3.8) is 0 Å². The van der Waals surface area contributed by atoms with Crippen molar-refractivity contribution in [1.29, 1.82) is 0 Å². The van der Waals surface area contributed by atoms with Crippen molar-refractivity contribution in [3.8, 4) is 11.3 Å². The number of aromatic nitrogens is 4. The van der Waals surface area contributed by atoms with Gasteiger partial charge in [0.25, 0.3) is 0 Å². The van der Waals surface area contributed by atoms with E-state index in [1.165, 1.54) is 27.6 Å². The quantitative estimate of drug-likeness (QED) is 0.288. The molecule has 4 heterocycles. The van der Waals surface area contributed by atoms with Crippen LogP contribution in [0.3, 0.4) is 0 Å². The molecular formula is C31H41N5O2. The van der Waals surface area contributed by atoms with E-state index in [9.17, 15) is 4.79 Å². The fourth-order valence-corrected chi connectivity index (χ4v) is 6.10. The number of amides is 1. The third-order valence-corrected chi connectivity index (χ3v) is 8.28. The molecule has 0 aliphatic carbocycles. The number of nitrogens with zero attached hydrogens (tertiary/aromatic N) is 4. The summed E-state index contributed by atoms with van der Waals surface area (Å²) < 4.78 is 7.69. The number of ether oxygens (including phenoxy) is 1. The van der Waals surface area contributed by atoms with E-state index in [1.807, 2.05) is 23.3 Å². The first-order valence-electron chi connectivity index (χ1n) is 14.0. The Morgan fingerprint density at radius 2 is 1.92 bits per heavy atom. The maximum absolute atomic E-state index is 12.8. The van der Waals surface area contributed by atoms with Crippen LogP contribution in [0.4, 0.5) is 4.79 Å². The monoisotopic (exact) mass is 515 g/mol. The average molecular weight is 516 g/mol. The number of nitrogens with one attached hydrogen (secondary N) is 1. The van der Waals surface area contributed by atoms with Crippen LogP contribution in [0.5, 0.6) is 0 Å². The average Bonchev–Trinajstić information content (AvgIpc) is 3.50. The van der Waals surface area contributed by atoms with Crippen LogP contribution in [-0.2, 0) is 4.74 Å². The number of aryl methyl sites for hydroxylation is 1. The molecule has 4 aromatic rings. The highest BCUT2D eigenvalue weighted by Gasteiger charge is 2.29. The summed E-state index contributed by atoms with van der Waals surface area (Å²) in [5, 5.41) is 5.70. The van der Waals surface area contributed by atoms with Crippen molar-refractivity contribution >= 4 is 22.6 Å². The second kappa shape index (κ2) is 10.1. The van der Waals surface area contributed by atoms with E-state index in [2.05, 4.69) is 74.1 Å². The van der Waals surface area contributed by atoms with E-state index in [1.54, 1.807) is 6.33 Å². The van der Waals surface area contributed by atoms with Gasteiger partial charge >= 0.3 is 6.09 Å². The Morgan fingerprint density at radius 3 is 2.61 bits per heavy atom. The predicted molar refractivity (Wildman–Crippen MR) is 153 cm³/mol. The van der Waals surface area contributed by atoms with Crippen molar-refractivity contribution in [1.82, 2.24) is 24.5 Å². The lowest BCUT2D eigenvalue weighted by Gasteiger charge is -2.34. The molecule has 1 N–H and O–H groups in total. The van der Waals surface area contributed by atoms with Crippen molar-refractivity contribution < 1.29 is 9.53 Å². The van der Waals surface area contributed by atoms with E-state index in [4.69, 9.17) is 4.74 Å². The summed E-state index contributed by atoms with van der Waals surface area (Å²) in [6.45, 7) is 16.4. The molecule has 1 fully saturated rings. The number of fused-ring (bicyclic) bond motifs is 2. The molecule has 0 atom stereocenters. The van der Waals surface area contributed by atoms with Crippen LogP contribution in [0.15, 0.2) is 30.7 Å². The van der Waals surface area contributed by atoms with Crippen LogP contribution in [0.1, 0.15) is 94.4 Å². The summed E-state index contributed by atoms with van der Waals surface area (Å²) in [5.41, 5.74) is 9.03. The zero-order chi connectivity index (χ0) is 27.2. The van der Waals surface area contributed by atoms with Gasteiger partial charge in [-0.25, -0.2) is 14.3 Å². The fraction of sp³-hybridized carbons (Fsp3) is 0.516. The van der Waals surface area contributed by atoms with Crippen molar-refractivity contribution in [2.24, 2.45) is 0 Å². The summed E-state index contributed by atoms with van der Waals surface area (Å²) >= 11 is 0. The zero-order valence-electron chi connectivity index (χ0n) is 23.9. The van der Waals surface area contributed by atoms with Gasteiger partial charge < -0.3 is 14.6 Å². The van der Waals surface area contributed by atoms with Crippen molar-refractivity contribution in [2.75, 3.05) is 13.1 Å². The highest BCUT2D eigenvalue weighted by Crippen LogP contribution is 2.40. The van der Waals surface area contributed by atoms with Crippen LogP contribution >= 0.6 is 0 Å². The molecule has 0 unspecified atom stereocenters. The molecule has 1 aromatic carbocycles. The minimum Gasteiger partial charge on any atom is -0.443 e. The van der Waals surface area contributed by atoms with Gasteiger partial charge in [0, 0.05) is 35.8 Å². The minimum absolute atomic E-state index is 0.176. The SMILES string of the molecule is CCCC(C)(C)OC(=O)N1CCC(c2ccc3[nH]c(-c4cn5ncnc5c(C)c4C)c(C(C)C)c3c2)CC1. The zero-order valence-corrected chi connectivity index (χ0v) is 23.9. The number of carbonyl (C=O) groups is 1. The van der Waals surface area contributed by atoms with Gasteiger partial charge in [0.1, 0.15) is 11.9 Å². The minimum atomic E-state index is -0.414. The standard InChI is InChI=1S/C31H41N5O2/c1-8-13-31(6,7)38-30(37)35-14-11-22(12-15-35)23-9-10-26-24(16-23)27(19(2)3)28(34-26)25-17-36-29(32-18-33-36)21(5)20(25)4/h9-10,16-19,22,34H,8,11-15H2,1-7H3. The second-order valence-electron chi connectivity index (χ2n) is 11.8. The topological polar surface area (TPSA) is 75.5 Å². The maximum atomic E-state index is 12.8. The first-order chi connectivity index (χ1) is 18.1. The number of carbonyl (C=O) groups excluding carboxylic acids is 1. The van der Waals surface area contributed by atoms with E-state index < -0.39 is 5.60 Å².